The Labute approximate surface area is 152 Å². The van der Waals surface area contributed by atoms with E-state index in [1.54, 1.807) is 0 Å². The van der Waals surface area contributed by atoms with E-state index in [0.29, 0.717) is 6.54 Å². The molecule has 6 nitrogen and oxygen atoms in total. The largest absolute Gasteiger partial charge is 0.352 e. The maximum absolute atomic E-state index is 12.3. The predicted molar refractivity (Wildman–Crippen MR) is 97.0 cm³/mol. The maximum Gasteiger partial charge on any atom is 0.324 e. The molecule has 1 fully saturated rings. The van der Waals surface area contributed by atoms with Gasteiger partial charge in [-0.25, -0.2) is 4.79 Å². The van der Waals surface area contributed by atoms with Gasteiger partial charge in [0.25, 0.3) is 0 Å². The molecule has 26 heavy (non-hydrogen) atoms. The monoisotopic (exact) mass is 351 g/mol. The summed E-state index contributed by atoms with van der Waals surface area (Å²) < 4.78 is 0. The zero-order valence-electron chi connectivity index (χ0n) is 14.4. The Hall–Kier alpha value is -3.15. The molecule has 0 spiro atoms. The van der Waals surface area contributed by atoms with Crippen molar-refractivity contribution in [3.8, 4) is 0 Å². The number of hydrogen-bond acceptors (Lipinski definition) is 3. The fourth-order valence-electron chi connectivity index (χ4n) is 2.89. The predicted octanol–water partition coefficient (Wildman–Crippen LogP) is 2.38. The van der Waals surface area contributed by atoms with E-state index in [9.17, 15) is 14.4 Å². The number of nitrogens with zero attached hydrogens (tertiary/aromatic N) is 1. The summed E-state index contributed by atoms with van der Waals surface area (Å²) in [6.45, 7) is 0.503. The SMILES string of the molecule is O=C(CCN1C(=O)CC(c2ccccc2)NC1=O)NCc1ccccc1. The summed E-state index contributed by atoms with van der Waals surface area (Å²) in [6.07, 6.45) is 0.281. The van der Waals surface area contributed by atoms with Crippen LogP contribution in [0.1, 0.15) is 30.0 Å². The Kier molecular flexibility index (Phi) is 5.63. The van der Waals surface area contributed by atoms with Crippen LogP contribution in [0.4, 0.5) is 4.79 Å². The Morgan fingerprint density at radius 1 is 1.04 bits per heavy atom. The van der Waals surface area contributed by atoms with Crippen molar-refractivity contribution >= 4 is 17.8 Å². The maximum atomic E-state index is 12.3. The molecule has 1 atom stereocenters. The normalized spacial score (nSPS) is 16.9. The van der Waals surface area contributed by atoms with Crippen LogP contribution >= 0.6 is 0 Å². The molecule has 3 rings (SSSR count). The van der Waals surface area contributed by atoms with Crippen molar-refractivity contribution < 1.29 is 14.4 Å². The van der Waals surface area contributed by atoms with E-state index >= 15 is 0 Å². The van der Waals surface area contributed by atoms with Gasteiger partial charge in [-0.15, -0.1) is 0 Å². The van der Waals surface area contributed by atoms with Crippen LogP contribution in [0.2, 0.25) is 0 Å². The number of carbonyl (C=O) groups excluding carboxylic acids is 3. The number of amides is 4. The molecule has 6 heteroatoms. The first-order valence-corrected chi connectivity index (χ1v) is 8.60. The molecule has 4 amide bonds. The quantitative estimate of drug-likeness (QED) is 0.839. The summed E-state index contributed by atoms with van der Waals surface area (Å²) in [5.41, 5.74) is 1.90. The lowest BCUT2D eigenvalue weighted by Crippen LogP contribution is -2.52. The lowest BCUT2D eigenvalue weighted by Gasteiger charge is -2.31. The summed E-state index contributed by atoms with van der Waals surface area (Å²) in [5.74, 6) is -0.460. The van der Waals surface area contributed by atoms with E-state index in [2.05, 4.69) is 10.6 Å². The third-order valence-electron chi connectivity index (χ3n) is 4.32. The zero-order valence-corrected chi connectivity index (χ0v) is 14.4. The van der Waals surface area contributed by atoms with Gasteiger partial charge in [0.2, 0.25) is 11.8 Å². The van der Waals surface area contributed by atoms with Crippen molar-refractivity contribution in [2.45, 2.75) is 25.4 Å². The van der Waals surface area contributed by atoms with Crippen LogP contribution in [0.3, 0.4) is 0 Å². The first kappa shape index (κ1) is 17.7. The Morgan fingerprint density at radius 3 is 2.35 bits per heavy atom. The molecule has 2 aromatic carbocycles. The molecule has 1 aliphatic heterocycles. The molecular weight excluding hydrogens is 330 g/mol. The van der Waals surface area contributed by atoms with E-state index in [-0.39, 0.29) is 37.2 Å². The van der Waals surface area contributed by atoms with Gasteiger partial charge >= 0.3 is 6.03 Å². The third kappa shape index (κ3) is 4.47. The van der Waals surface area contributed by atoms with Gasteiger partial charge in [0.15, 0.2) is 0 Å². The van der Waals surface area contributed by atoms with Crippen LogP contribution in [0.15, 0.2) is 60.7 Å². The summed E-state index contributed by atoms with van der Waals surface area (Å²) >= 11 is 0. The lowest BCUT2D eigenvalue weighted by atomic mass is 10.0. The Bertz CT molecular complexity index is 759. The fourth-order valence-corrected chi connectivity index (χ4v) is 2.89. The number of carbonyl (C=O) groups is 3. The van der Waals surface area contributed by atoms with Gasteiger partial charge in [-0.3, -0.25) is 14.5 Å². The molecule has 2 N–H and O–H groups in total. The summed E-state index contributed by atoms with van der Waals surface area (Å²) in [4.78, 5) is 37.6. The average molecular weight is 351 g/mol. The molecule has 0 aromatic heterocycles. The van der Waals surface area contributed by atoms with E-state index in [0.717, 1.165) is 16.0 Å². The molecule has 1 aliphatic rings. The minimum Gasteiger partial charge on any atom is -0.352 e. The number of rotatable bonds is 6. The van der Waals surface area contributed by atoms with E-state index in [1.165, 1.54) is 0 Å². The Balaban J connectivity index is 1.48. The highest BCUT2D eigenvalue weighted by Crippen LogP contribution is 2.22. The minimum atomic E-state index is -0.453. The topological polar surface area (TPSA) is 78.5 Å². The molecule has 2 aromatic rings. The number of imide groups is 1. The molecule has 0 aliphatic carbocycles. The van der Waals surface area contributed by atoms with Gasteiger partial charge in [0, 0.05) is 19.5 Å². The van der Waals surface area contributed by atoms with Crippen LogP contribution in [0.25, 0.3) is 0 Å². The average Bonchev–Trinajstić information content (AvgIpc) is 2.67. The summed E-state index contributed by atoms with van der Waals surface area (Å²) in [6, 6.07) is 18.2. The highest BCUT2D eigenvalue weighted by molar-refractivity contribution is 5.97. The van der Waals surface area contributed by atoms with Crippen molar-refractivity contribution in [3.05, 3.63) is 71.8 Å². The molecule has 1 unspecified atom stereocenters. The molecule has 1 saturated heterocycles. The summed E-state index contributed by atoms with van der Waals surface area (Å²) in [7, 11) is 0. The van der Waals surface area contributed by atoms with Crippen molar-refractivity contribution in [2.24, 2.45) is 0 Å². The lowest BCUT2D eigenvalue weighted by molar-refractivity contribution is -0.130. The third-order valence-corrected chi connectivity index (χ3v) is 4.32. The molecule has 134 valence electrons. The molecule has 0 radical (unpaired) electrons. The first-order valence-electron chi connectivity index (χ1n) is 8.60. The van der Waals surface area contributed by atoms with Gasteiger partial charge in [0.1, 0.15) is 0 Å². The number of benzene rings is 2. The highest BCUT2D eigenvalue weighted by Gasteiger charge is 2.32. The second-order valence-electron chi connectivity index (χ2n) is 6.17. The zero-order chi connectivity index (χ0) is 18.4. The van der Waals surface area contributed by atoms with Gasteiger partial charge in [-0.2, -0.15) is 0 Å². The van der Waals surface area contributed by atoms with Crippen LogP contribution < -0.4 is 10.6 Å². The van der Waals surface area contributed by atoms with Crippen molar-refractivity contribution in [2.75, 3.05) is 6.54 Å². The van der Waals surface area contributed by atoms with Crippen molar-refractivity contribution in [1.82, 2.24) is 15.5 Å². The molecule has 0 saturated carbocycles. The van der Waals surface area contributed by atoms with Crippen LogP contribution in [-0.2, 0) is 16.1 Å². The van der Waals surface area contributed by atoms with Crippen LogP contribution in [0.5, 0.6) is 0 Å². The second-order valence-corrected chi connectivity index (χ2v) is 6.17. The van der Waals surface area contributed by atoms with Gasteiger partial charge in [-0.1, -0.05) is 60.7 Å². The van der Waals surface area contributed by atoms with Crippen molar-refractivity contribution in [3.63, 3.8) is 0 Å². The Morgan fingerprint density at radius 2 is 1.69 bits per heavy atom. The minimum absolute atomic E-state index is 0.0762. The number of hydrogen-bond donors (Lipinski definition) is 2. The van der Waals surface area contributed by atoms with Gasteiger partial charge in [-0.05, 0) is 11.1 Å². The fraction of sp³-hybridized carbons (Fsp3) is 0.250. The van der Waals surface area contributed by atoms with Crippen molar-refractivity contribution in [1.29, 1.82) is 0 Å². The second kappa shape index (κ2) is 8.29. The van der Waals surface area contributed by atoms with E-state index in [1.807, 2.05) is 60.7 Å². The standard InChI is InChI=1S/C20H21N3O3/c24-18(21-14-15-7-3-1-4-8-15)11-12-23-19(25)13-17(22-20(23)26)16-9-5-2-6-10-16/h1-10,17H,11-14H2,(H,21,24)(H,22,26). The molecule has 1 heterocycles. The smallest absolute Gasteiger partial charge is 0.324 e. The van der Waals surface area contributed by atoms with E-state index < -0.39 is 6.03 Å². The number of urea groups is 1. The van der Waals surface area contributed by atoms with E-state index in [4.69, 9.17) is 0 Å². The highest BCUT2D eigenvalue weighted by atomic mass is 16.2. The molecular formula is C20H21N3O3. The summed E-state index contributed by atoms with van der Waals surface area (Å²) in [5, 5.41) is 5.62. The van der Waals surface area contributed by atoms with Gasteiger partial charge in [0.05, 0.1) is 12.5 Å². The van der Waals surface area contributed by atoms with Crippen LogP contribution in [-0.4, -0.2) is 29.3 Å². The van der Waals surface area contributed by atoms with Gasteiger partial charge < -0.3 is 10.6 Å². The first-order chi connectivity index (χ1) is 12.6. The number of nitrogens with one attached hydrogen (secondary N) is 2. The molecule has 0 bridgehead atoms. The van der Waals surface area contributed by atoms with Crippen LogP contribution in [0, 0.1) is 0 Å².